The molecule has 1 unspecified atom stereocenters. The van der Waals surface area contributed by atoms with E-state index in [1.54, 1.807) is 0 Å². The molecule has 0 saturated carbocycles. The fraction of sp³-hybridized carbons (Fsp3) is 0.909. The first-order valence-electron chi connectivity index (χ1n) is 6.37. The van der Waals surface area contributed by atoms with E-state index in [4.69, 9.17) is 0 Å². The topological polar surface area (TPSA) is 87.3 Å². The van der Waals surface area contributed by atoms with Gasteiger partial charge in [-0.15, -0.1) is 0 Å². The molecule has 1 rings (SSSR count). The summed E-state index contributed by atoms with van der Waals surface area (Å²) in [5.41, 5.74) is -0.445. The Hall–Kier alpha value is -0.660. The minimum atomic E-state index is -3.18. The summed E-state index contributed by atoms with van der Waals surface area (Å²) < 4.78 is 24.1. The van der Waals surface area contributed by atoms with Gasteiger partial charge in [-0.25, -0.2) is 13.1 Å². The van der Waals surface area contributed by atoms with Gasteiger partial charge in [-0.05, 0) is 25.8 Å². The Labute approximate surface area is 109 Å². The summed E-state index contributed by atoms with van der Waals surface area (Å²) in [5.74, 6) is -0.0165. The van der Waals surface area contributed by atoms with Gasteiger partial charge in [0.1, 0.15) is 0 Å². The molecular weight excluding hydrogens is 254 g/mol. The number of sulfonamides is 1. The zero-order valence-electron chi connectivity index (χ0n) is 11.1. The quantitative estimate of drug-likeness (QED) is 0.551. The maximum atomic E-state index is 12.1. The number of carbonyl (C=O) groups is 1. The van der Waals surface area contributed by atoms with Gasteiger partial charge in [-0.2, -0.15) is 0 Å². The number of hydrogen-bond acceptors (Lipinski definition) is 4. The molecule has 0 aromatic rings. The van der Waals surface area contributed by atoms with Crippen LogP contribution in [0.25, 0.3) is 0 Å². The molecule has 0 aromatic heterocycles. The molecule has 1 heterocycles. The molecule has 7 heteroatoms. The first kappa shape index (κ1) is 15.4. The molecule has 18 heavy (non-hydrogen) atoms. The van der Waals surface area contributed by atoms with Crippen molar-refractivity contribution in [3.8, 4) is 0 Å². The summed E-state index contributed by atoms with van der Waals surface area (Å²) in [6, 6.07) is 0. The molecule has 1 aliphatic heterocycles. The van der Waals surface area contributed by atoms with Gasteiger partial charge in [0.05, 0.1) is 11.8 Å². The summed E-state index contributed by atoms with van der Waals surface area (Å²) in [7, 11) is -3.18. The van der Waals surface area contributed by atoms with Gasteiger partial charge in [0.25, 0.3) is 0 Å². The van der Waals surface area contributed by atoms with Gasteiger partial charge >= 0.3 is 0 Å². The maximum absolute atomic E-state index is 12.1. The Morgan fingerprint density at radius 1 is 1.39 bits per heavy atom. The van der Waals surface area contributed by atoms with E-state index in [0.717, 1.165) is 38.5 Å². The molecule has 3 N–H and O–H groups in total. The predicted octanol–water partition coefficient (Wildman–Crippen LogP) is -0.426. The second kappa shape index (κ2) is 6.49. The van der Waals surface area contributed by atoms with Gasteiger partial charge < -0.3 is 10.6 Å². The van der Waals surface area contributed by atoms with Crippen LogP contribution >= 0.6 is 0 Å². The van der Waals surface area contributed by atoms with Crippen molar-refractivity contribution in [2.24, 2.45) is 0 Å². The maximum Gasteiger partial charge on any atom is 0.240 e. The van der Waals surface area contributed by atoms with Crippen LogP contribution in [0.2, 0.25) is 0 Å². The van der Waals surface area contributed by atoms with Crippen LogP contribution in [-0.4, -0.2) is 45.8 Å². The van der Waals surface area contributed by atoms with Crippen LogP contribution in [0.15, 0.2) is 0 Å². The number of amides is 1. The molecule has 0 radical (unpaired) electrons. The number of nitrogens with one attached hydrogen (secondary N) is 3. The van der Waals surface area contributed by atoms with E-state index in [9.17, 15) is 13.2 Å². The molecule has 0 aromatic carbocycles. The third-order valence-electron chi connectivity index (χ3n) is 3.13. The third-order valence-corrected chi connectivity index (χ3v) is 3.86. The van der Waals surface area contributed by atoms with Crippen molar-refractivity contribution in [2.45, 2.75) is 38.1 Å². The van der Waals surface area contributed by atoms with Crippen LogP contribution in [0.3, 0.4) is 0 Å². The van der Waals surface area contributed by atoms with Crippen LogP contribution in [0.1, 0.15) is 32.6 Å². The summed E-state index contributed by atoms with van der Waals surface area (Å²) in [4.78, 5) is 12.1. The Morgan fingerprint density at radius 3 is 2.61 bits per heavy atom. The molecule has 0 aliphatic carbocycles. The van der Waals surface area contributed by atoms with Crippen LogP contribution in [-0.2, 0) is 14.8 Å². The van der Waals surface area contributed by atoms with Crippen molar-refractivity contribution in [1.29, 1.82) is 0 Å². The van der Waals surface area contributed by atoms with Crippen LogP contribution in [0, 0.1) is 0 Å². The second-order valence-corrected chi connectivity index (χ2v) is 6.62. The molecule has 1 atom stereocenters. The summed E-state index contributed by atoms with van der Waals surface area (Å²) >= 11 is 0. The zero-order chi connectivity index (χ0) is 13.6. The fourth-order valence-electron chi connectivity index (χ4n) is 2.34. The highest BCUT2D eigenvalue weighted by molar-refractivity contribution is 7.88. The van der Waals surface area contributed by atoms with Crippen molar-refractivity contribution in [1.82, 2.24) is 15.4 Å². The van der Waals surface area contributed by atoms with Crippen molar-refractivity contribution >= 4 is 15.9 Å². The molecule has 106 valence electrons. The SMILES string of the molecule is CCCC1(C(=O)NCCNS(C)(=O)=O)CCCN1. The van der Waals surface area contributed by atoms with Crippen LogP contribution in [0.4, 0.5) is 0 Å². The lowest BCUT2D eigenvalue weighted by atomic mass is 9.91. The second-order valence-electron chi connectivity index (χ2n) is 4.78. The molecule has 0 bridgehead atoms. The number of rotatable bonds is 7. The molecule has 1 saturated heterocycles. The Balaban J connectivity index is 2.39. The Bertz CT molecular complexity index is 375. The third kappa shape index (κ3) is 4.55. The number of carbonyl (C=O) groups excluding carboxylic acids is 1. The van der Waals surface area contributed by atoms with E-state index < -0.39 is 15.6 Å². The predicted molar refractivity (Wildman–Crippen MR) is 70.7 cm³/mol. The minimum absolute atomic E-state index is 0.0165. The van der Waals surface area contributed by atoms with E-state index in [-0.39, 0.29) is 12.5 Å². The minimum Gasteiger partial charge on any atom is -0.353 e. The average molecular weight is 277 g/mol. The smallest absolute Gasteiger partial charge is 0.240 e. The normalized spacial score (nSPS) is 24.1. The van der Waals surface area contributed by atoms with Crippen molar-refractivity contribution in [3.05, 3.63) is 0 Å². The van der Waals surface area contributed by atoms with Gasteiger partial charge in [0.15, 0.2) is 0 Å². The van der Waals surface area contributed by atoms with Crippen LogP contribution in [0.5, 0.6) is 0 Å². The molecule has 1 fully saturated rings. The average Bonchev–Trinajstić information content (AvgIpc) is 2.73. The summed E-state index contributed by atoms with van der Waals surface area (Å²) in [5, 5.41) is 6.07. The lowest BCUT2D eigenvalue weighted by Crippen LogP contribution is -2.54. The lowest BCUT2D eigenvalue weighted by molar-refractivity contribution is -0.127. The molecule has 1 amide bonds. The largest absolute Gasteiger partial charge is 0.353 e. The Kier molecular flexibility index (Phi) is 5.55. The number of hydrogen-bond donors (Lipinski definition) is 3. The monoisotopic (exact) mass is 277 g/mol. The van der Waals surface area contributed by atoms with Gasteiger partial charge in [-0.3, -0.25) is 4.79 Å². The first-order chi connectivity index (χ1) is 8.40. The van der Waals surface area contributed by atoms with E-state index >= 15 is 0 Å². The van der Waals surface area contributed by atoms with Gasteiger partial charge in [0, 0.05) is 13.1 Å². The Morgan fingerprint density at radius 2 is 2.11 bits per heavy atom. The molecule has 0 spiro atoms. The van der Waals surface area contributed by atoms with E-state index in [1.807, 2.05) is 0 Å². The first-order valence-corrected chi connectivity index (χ1v) is 8.27. The van der Waals surface area contributed by atoms with Crippen molar-refractivity contribution in [3.63, 3.8) is 0 Å². The highest BCUT2D eigenvalue weighted by Crippen LogP contribution is 2.24. The summed E-state index contributed by atoms with van der Waals surface area (Å²) in [6.07, 6.45) is 4.73. The van der Waals surface area contributed by atoms with Gasteiger partial charge in [-0.1, -0.05) is 13.3 Å². The summed E-state index contributed by atoms with van der Waals surface area (Å²) in [6.45, 7) is 3.47. The van der Waals surface area contributed by atoms with Crippen molar-refractivity contribution < 1.29 is 13.2 Å². The highest BCUT2D eigenvalue weighted by atomic mass is 32.2. The highest BCUT2D eigenvalue weighted by Gasteiger charge is 2.39. The van der Waals surface area contributed by atoms with E-state index in [2.05, 4.69) is 22.3 Å². The van der Waals surface area contributed by atoms with Gasteiger partial charge in [0.2, 0.25) is 15.9 Å². The zero-order valence-corrected chi connectivity index (χ0v) is 11.9. The molecular formula is C11H23N3O3S. The fourth-order valence-corrected chi connectivity index (χ4v) is 2.81. The van der Waals surface area contributed by atoms with E-state index in [1.165, 1.54) is 0 Å². The van der Waals surface area contributed by atoms with E-state index in [0.29, 0.717) is 6.54 Å². The van der Waals surface area contributed by atoms with Crippen LogP contribution < -0.4 is 15.4 Å². The standard InChI is InChI=1S/C11H23N3O3S/c1-3-5-11(6-4-7-13-11)10(15)12-8-9-14-18(2,16)17/h13-14H,3-9H2,1-2H3,(H,12,15). The lowest BCUT2D eigenvalue weighted by Gasteiger charge is -2.27. The van der Waals surface area contributed by atoms with Crippen molar-refractivity contribution in [2.75, 3.05) is 25.9 Å². The molecule has 1 aliphatic rings. The molecule has 6 nitrogen and oxygen atoms in total.